The standard InChI is InChI=1S/C12H11FN4OS/c1-2-6-16-10(18)7-4-3-5-8(13)9(7)17-11(16)14-15-12(17)19/h3-5H,2,6H2,1H3,(H,15,19). The maximum absolute atomic E-state index is 14.0. The Balaban J connectivity index is 2.68. The molecule has 1 aromatic carbocycles. The summed E-state index contributed by atoms with van der Waals surface area (Å²) in [5.41, 5.74) is -0.0774. The number of halogens is 1. The van der Waals surface area contributed by atoms with Crippen LogP contribution < -0.4 is 5.56 Å². The summed E-state index contributed by atoms with van der Waals surface area (Å²) in [5.74, 6) is -0.143. The van der Waals surface area contributed by atoms with E-state index in [0.29, 0.717) is 17.7 Å². The topological polar surface area (TPSA) is 55.1 Å². The molecule has 2 aromatic heterocycles. The summed E-state index contributed by atoms with van der Waals surface area (Å²) in [7, 11) is 0. The molecule has 2 heterocycles. The van der Waals surface area contributed by atoms with Crippen molar-refractivity contribution in [1.82, 2.24) is 19.2 Å². The van der Waals surface area contributed by atoms with Gasteiger partial charge in [-0.2, -0.15) is 0 Å². The number of rotatable bonds is 2. The summed E-state index contributed by atoms with van der Waals surface area (Å²) in [6.45, 7) is 2.47. The van der Waals surface area contributed by atoms with Gasteiger partial charge in [0, 0.05) is 6.54 Å². The van der Waals surface area contributed by atoms with Crippen LogP contribution in [0.3, 0.4) is 0 Å². The Bertz CT molecular complexity index is 892. The van der Waals surface area contributed by atoms with E-state index in [0.717, 1.165) is 6.42 Å². The second kappa shape index (κ2) is 4.27. The van der Waals surface area contributed by atoms with Crippen molar-refractivity contribution in [1.29, 1.82) is 0 Å². The van der Waals surface area contributed by atoms with E-state index in [4.69, 9.17) is 12.2 Å². The van der Waals surface area contributed by atoms with Gasteiger partial charge in [-0.15, -0.1) is 5.10 Å². The van der Waals surface area contributed by atoms with Gasteiger partial charge in [-0.3, -0.25) is 13.8 Å². The highest BCUT2D eigenvalue weighted by atomic mass is 32.1. The molecule has 1 N–H and O–H groups in total. The van der Waals surface area contributed by atoms with Crippen LogP contribution in [0.2, 0.25) is 0 Å². The van der Waals surface area contributed by atoms with Gasteiger partial charge in [-0.1, -0.05) is 13.0 Å². The average Bonchev–Trinajstić information content (AvgIpc) is 2.77. The van der Waals surface area contributed by atoms with E-state index in [9.17, 15) is 9.18 Å². The Morgan fingerprint density at radius 2 is 2.26 bits per heavy atom. The molecule has 0 fully saturated rings. The highest BCUT2D eigenvalue weighted by molar-refractivity contribution is 7.71. The molecule has 3 rings (SSSR count). The van der Waals surface area contributed by atoms with E-state index in [2.05, 4.69) is 10.2 Å². The fraction of sp³-hybridized carbons (Fsp3) is 0.250. The van der Waals surface area contributed by atoms with Crippen molar-refractivity contribution in [3.05, 3.63) is 39.1 Å². The molecule has 0 aliphatic heterocycles. The molecule has 0 saturated heterocycles. The van der Waals surface area contributed by atoms with Crippen LogP contribution in [-0.2, 0) is 6.54 Å². The highest BCUT2D eigenvalue weighted by Gasteiger charge is 2.15. The summed E-state index contributed by atoms with van der Waals surface area (Å²) < 4.78 is 17.3. The van der Waals surface area contributed by atoms with Crippen LogP contribution >= 0.6 is 12.2 Å². The lowest BCUT2D eigenvalue weighted by molar-refractivity contribution is 0.628. The van der Waals surface area contributed by atoms with Gasteiger partial charge in [0.05, 0.1) is 10.9 Å². The Morgan fingerprint density at radius 3 is 3.00 bits per heavy atom. The molecule has 0 amide bonds. The van der Waals surface area contributed by atoms with Crippen LogP contribution in [0.4, 0.5) is 4.39 Å². The minimum atomic E-state index is -0.485. The SMILES string of the molecule is CCCn1c(=O)c2cccc(F)c2n2c(=S)[nH]nc12. The molecule has 0 radical (unpaired) electrons. The van der Waals surface area contributed by atoms with E-state index in [-0.39, 0.29) is 15.8 Å². The summed E-state index contributed by atoms with van der Waals surface area (Å²) in [6.07, 6.45) is 0.774. The number of nitrogens with zero attached hydrogens (tertiary/aromatic N) is 3. The Hall–Kier alpha value is -2.02. The van der Waals surface area contributed by atoms with Crippen molar-refractivity contribution in [3.63, 3.8) is 0 Å². The first-order valence-electron chi connectivity index (χ1n) is 5.93. The van der Waals surface area contributed by atoms with E-state index >= 15 is 0 Å². The quantitative estimate of drug-likeness (QED) is 0.731. The molecule has 98 valence electrons. The normalized spacial score (nSPS) is 11.5. The lowest BCUT2D eigenvalue weighted by Crippen LogP contribution is -2.23. The van der Waals surface area contributed by atoms with Crippen molar-refractivity contribution in [2.75, 3.05) is 0 Å². The number of nitrogens with one attached hydrogen (secondary N) is 1. The second-order valence-corrected chi connectivity index (χ2v) is 4.64. The zero-order chi connectivity index (χ0) is 13.6. The molecule has 0 saturated carbocycles. The van der Waals surface area contributed by atoms with Gasteiger partial charge in [-0.05, 0) is 30.8 Å². The zero-order valence-electron chi connectivity index (χ0n) is 10.2. The first kappa shape index (κ1) is 12.0. The highest BCUT2D eigenvalue weighted by Crippen LogP contribution is 2.16. The van der Waals surface area contributed by atoms with Crippen LogP contribution in [-0.4, -0.2) is 19.2 Å². The van der Waals surface area contributed by atoms with Crippen molar-refractivity contribution in [2.45, 2.75) is 19.9 Å². The lowest BCUT2D eigenvalue weighted by atomic mass is 10.2. The van der Waals surface area contributed by atoms with Gasteiger partial charge in [0.2, 0.25) is 10.5 Å². The molecule has 0 aliphatic rings. The maximum Gasteiger partial charge on any atom is 0.262 e. The van der Waals surface area contributed by atoms with Crippen LogP contribution in [0.25, 0.3) is 16.7 Å². The van der Waals surface area contributed by atoms with Gasteiger partial charge in [-0.25, -0.2) is 9.49 Å². The molecule has 19 heavy (non-hydrogen) atoms. The monoisotopic (exact) mass is 278 g/mol. The van der Waals surface area contributed by atoms with Crippen LogP contribution in [0.1, 0.15) is 13.3 Å². The lowest BCUT2D eigenvalue weighted by Gasteiger charge is -2.09. The Morgan fingerprint density at radius 1 is 1.47 bits per heavy atom. The van der Waals surface area contributed by atoms with Gasteiger partial charge >= 0.3 is 0 Å². The van der Waals surface area contributed by atoms with Crippen LogP contribution in [0.5, 0.6) is 0 Å². The average molecular weight is 278 g/mol. The van der Waals surface area contributed by atoms with E-state index in [1.165, 1.54) is 21.1 Å². The summed E-state index contributed by atoms with van der Waals surface area (Å²) in [6, 6.07) is 4.42. The number of aromatic amines is 1. The first-order chi connectivity index (χ1) is 9.15. The van der Waals surface area contributed by atoms with Gasteiger partial charge in [0.15, 0.2) is 0 Å². The van der Waals surface area contributed by atoms with Gasteiger partial charge in [0.1, 0.15) is 5.82 Å². The third kappa shape index (κ3) is 1.61. The summed E-state index contributed by atoms with van der Waals surface area (Å²) in [5, 5.41) is 6.95. The predicted molar refractivity (Wildman–Crippen MR) is 72.4 cm³/mol. The number of benzene rings is 1. The second-order valence-electron chi connectivity index (χ2n) is 4.26. The molecule has 0 aliphatic carbocycles. The molecule has 0 atom stereocenters. The number of hydrogen-bond acceptors (Lipinski definition) is 3. The van der Waals surface area contributed by atoms with Crippen LogP contribution in [0, 0.1) is 10.6 Å². The largest absolute Gasteiger partial charge is 0.276 e. The smallest absolute Gasteiger partial charge is 0.262 e. The maximum atomic E-state index is 14.0. The minimum Gasteiger partial charge on any atom is -0.276 e. The number of aromatic nitrogens is 4. The Labute approximate surface area is 112 Å². The zero-order valence-corrected chi connectivity index (χ0v) is 11.0. The fourth-order valence-corrected chi connectivity index (χ4v) is 2.47. The molecule has 5 nitrogen and oxygen atoms in total. The molecular formula is C12H11FN4OS. The van der Waals surface area contributed by atoms with Crippen molar-refractivity contribution in [2.24, 2.45) is 0 Å². The van der Waals surface area contributed by atoms with Crippen molar-refractivity contribution >= 4 is 28.9 Å². The van der Waals surface area contributed by atoms with Crippen LogP contribution in [0.15, 0.2) is 23.0 Å². The summed E-state index contributed by atoms with van der Waals surface area (Å²) in [4.78, 5) is 12.4. The number of fused-ring (bicyclic) bond motifs is 3. The van der Waals surface area contributed by atoms with E-state index in [1.807, 2.05) is 6.92 Å². The molecule has 0 spiro atoms. The van der Waals surface area contributed by atoms with E-state index < -0.39 is 5.82 Å². The molecule has 3 aromatic rings. The number of H-pyrrole nitrogens is 1. The van der Waals surface area contributed by atoms with Gasteiger partial charge in [0.25, 0.3) is 5.56 Å². The fourth-order valence-electron chi connectivity index (χ4n) is 2.25. The number of para-hydroxylation sites is 1. The van der Waals surface area contributed by atoms with Crippen molar-refractivity contribution < 1.29 is 4.39 Å². The van der Waals surface area contributed by atoms with Gasteiger partial charge < -0.3 is 0 Å². The predicted octanol–water partition coefficient (Wildman–Crippen LogP) is 2.26. The molecule has 0 unspecified atom stereocenters. The third-order valence-corrected chi connectivity index (χ3v) is 3.30. The van der Waals surface area contributed by atoms with E-state index in [1.54, 1.807) is 6.07 Å². The molecule has 7 heteroatoms. The first-order valence-corrected chi connectivity index (χ1v) is 6.34. The number of aryl methyl sites for hydroxylation is 1. The number of hydrogen-bond donors (Lipinski definition) is 1. The third-order valence-electron chi connectivity index (χ3n) is 3.03. The molecular weight excluding hydrogens is 267 g/mol. The molecule has 0 bridgehead atoms. The summed E-state index contributed by atoms with van der Waals surface area (Å²) >= 11 is 5.12. The minimum absolute atomic E-state index is 0.175. The Kier molecular flexibility index (Phi) is 2.70. The van der Waals surface area contributed by atoms with Crippen molar-refractivity contribution in [3.8, 4) is 0 Å².